The van der Waals surface area contributed by atoms with E-state index in [1.807, 2.05) is 32.0 Å². The number of rotatable bonds is 3. The van der Waals surface area contributed by atoms with Crippen LogP contribution in [0.2, 0.25) is 10.0 Å². The van der Waals surface area contributed by atoms with Gasteiger partial charge in [-0.05, 0) is 26.0 Å². The largest absolute Gasteiger partial charge is 0.378 e. The maximum Gasteiger partial charge on any atom is 0.0825 e. The first kappa shape index (κ1) is 12.3. The minimum absolute atomic E-state index is 0.583. The van der Waals surface area contributed by atoms with Gasteiger partial charge < -0.3 is 5.32 Å². The molecule has 17 heavy (non-hydrogen) atoms. The zero-order valence-electron chi connectivity index (χ0n) is 9.64. The van der Waals surface area contributed by atoms with E-state index >= 15 is 0 Å². The van der Waals surface area contributed by atoms with Crippen LogP contribution in [-0.2, 0) is 6.54 Å². The molecule has 2 rings (SSSR count). The fourth-order valence-corrected chi connectivity index (χ4v) is 2.22. The number of anilines is 1. The predicted octanol–water partition coefficient (Wildman–Crippen LogP) is 3.95. The van der Waals surface area contributed by atoms with Crippen molar-refractivity contribution in [1.29, 1.82) is 0 Å². The predicted molar refractivity (Wildman–Crippen MR) is 71.9 cm³/mol. The first-order valence-corrected chi connectivity index (χ1v) is 6.03. The fraction of sp³-hybridized carbons (Fsp3) is 0.250. The molecule has 0 fully saturated rings. The van der Waals surface area contributed by atoms with E-state index in [2.05, 4.69) is 15.5 Å². The molecule has 0 amide bonds. The fourth-order valence-electron chi connectivity index (χ4n) is 1.69. The summed E-state index contributed by atoms with van der Waals surface area (Å²) in [6.07, 6.45) is 0. The second kappa shape index (κ2) is 4.98. The summed E-state index contributed by atoms with van der Waals surface area (Å²) in [5.41, 5.74) is 3.84. The molecule has 0 atom stereocenters. The highest BCUT2D eigenvalue weighted by Gasteiger charge is 2.08. The highest BCUT2D eigenvalue weighted by molar-refractivity contribution is 6.36. The molecule has 1 aromatic heterocycles. The van der Waals surface area contributed by atoms with Gasteiger partial charge in [-0.15, -0.1) is 0 Å². The summed E-state index contributed by atoms with van der Waals surface area (Å²) in [5, 5.41) is 11.7. The third-order valence-electron chi connectivity index (χ3n) is 2.63. The lowest BCUT2D eigenvalue weighted by atomic mass is 10.2. The van der Waals surface area contributed by atoms with Crippen molar-refractivity contribution >= 4 is 28.9 Å². The number of halogens is 2. The number of hydrogen-bond donors (Lipinski definition) is 2. The Labute approximate surface area is 110 Å². The highest BCUT2D eigenvalue weighted by atomic mass is 35.5. The number of aromatic amines is 1. The van der Waals surface area contributed by atoms with Gasteiger partial charge >= 0.3 is 0 Å². The highest BCUT2D eigenvalue weighted by Crippen LogP contribution is 2.26. The molecule has 0 bridgehead atoms. The molecule has 3 nitrogen and oxygen atoms in total. The zero-order chi connectivity index (χ0) is 12.4. The van der Waals surface area contributed by atoms with Crippen molar-refractivity contribution in [2.45, 2.75) is 20.4 Å². The van der Waals surface area contributed by atoms with Crippen molar-refractivity contribution in [3.05, 3.63) is 45.2 Å². The molecule has 0 aliphatic rings. The first-order chi connectivity index (χ1) is 8.09. The molecule has 0 spiro atoms. The molecule has 0 saturated carbocycles. The number of nitrogens with zero attached hydrogens (tertiary/aromatic N) is 1. The molecule has 0 radical (unpaired) electrons. The lowest BCUT2D eigenvalue weighted by Crippen LogP contribution is -2.02. The van der Waals surface area contributed by atoms with Crippen LogP contribution in [0.15, 0.2) is 18.2 Å². The van der Waals surface area contributed by atoms with E-state index in [0.717, 1.165) is 22.6 Å². The van der Waals surface area contributed by atoms with Crippen LogP contribution in [0.25, 0.3) is 0 Å². The Kier molecular flexibility index (Phi) is 3.60. The van der Waals surface area contributed by atoms with Crippen molar-refractivity contribution in [3.8, 4) is 0 Å². The molecule has 0 aliphatic heterocycles. The third kappa shape index (κ3) is 2.56. The van der Waals surface area contributed by atoms with E-state index in [-0.39, 0.29) is 0 Å². The maximum atomic E-state index is 6.10. The molecule has 0 unspecified atom stereocenters. The molecule has 1 aromatic carbocycles. The lowest BCUT2D eigenvalue weighted by Gasteiger charge is -2.09. The summed E-state index contributed by atoms with van der Waals surface area (Å²) in [7, 11) is 0. The van der Waals surface area contributed by atoms with Gasteiger partial charge in [-0.25, -0.2) is 0 Å². The van der Waals surface area contributed by atoms with Crippen LogP contribution < -0.4 is 5.32 Å². The van der Waals surface area contributed by atoms with Crippen molar-refractivity contribution in [2.75, 3.05) is 5.32 Å². The van der Waals surface area contributed by atoms with Crippen molar-refractivity contribution in [2.24, 2.45) is 0 Å². The number of hydrogen-bond acceptors (Lipinski definition) is 2. The minimum Gasteiger partial charge on any atom is -0.378 e. The van der Waals surface area contributed by atoms with E-state index in [4.69, 9.17) is 23.2 Å². The normalized spacial score (nSPS) is 10.6. The molecular weight excluding hydrogens is 257 g/mol. The molecule has 5 heteroatoms. The number of H-pyrrole nitrogens is 1. The van der Waals surface area contributed by atoms with Crippen LogP contribution in [0.4, 0.5) is 5.69 Å². The molecule has 0 aliphatic carbocycles. The Morgan fingerprint density at radius 1 is 1.24 bits per heavy atom. The third-order valence-corrected chi connectivity index (χ3v) is 3.34. The standard InChI is InChI=1S/C12H13Cl2N3/c1-7-12(8(2)17-16-7)15-6-9-10(13)4-3-5-11(9)14/h3-5,15H,6H2,1-2H3,(H,16,17). The van der Waals surface area contributed by atoms with Gasteiger partial charge in [0.15, 0.2) is 0 Å². The quantitative estimate of drug-likeness (QED) is 0.886. The monoisotopic (exact) mass is 269 g/mol. The van der Waals surface area contributed by atoms with E-state index < -0.39 is 0 Å². The maximum absolute atomic E-state index is 6.10. The summed E-state index contributed by atoms with van der Waals surface area (Å²) in [5.74, 6) is 0. The number of benzene rings is 1. The van der Waals surface area contributed by atoms with Crippen LogP contribution in [-0.4, -0.2) is 10.2 Å². The van der Waals surface area contributed by atoms with E-state index in [9.17, 15) is 0 Å². The summed E-state index contributed by atoms with van der Waals surface area (Å²) in [6.45, 7) is 4.50. The Balaban J connectivity index is 2.18. The van der Waals surface area contributed by atoms with Crippen LogP contribution in [0.5, 0.6) is 0 Å². The summed E-state index contributed by atoms with van der Waals surface area (Å²) in [4.78, 5) is 0. The van der Waals surface area contributed by atoms with Crippen LogP contribution in [0, 0.1) is 13.8 Å². The van der Waals surface area contributed by atoms with Gasteiger partial charge in [-0.1, -0.05) is 29.3 Å². The van der Waals surface area contributed by atoms with Gasteiger partial charge in [0.25, 0.3) is 0 Å². The second-order valence-electron chi connectivity index (χ2n) is 3.86. The van der Waals surface area contributed by atoms with Crippen molar-refractivity contribution < 1.29 is 0 Å². The summed E-state index contributed by atoms with van der Waals surface area (Å²) in [6, 6.07) is 5.50. The van der Waals surface area contributed by atoms with Crippen molar-refractivity contribution in [1.82, 2.24) is 10.2 Å². The zero-order valence-corrected chi connectivity index (χ0v) is 11.2. The number of aryl methyl sites for hydroxylation is 2. The van der Waals surface area contributed by atoms with Crippen LogP contribution >= 0.6 is 23.2 Å². The summed E-state index contributed by atoms with van der Waals surface area (Å²) < 4.78 is 0. The van der Waals surface area contributed by atoms with Gasteiger partial charge in [0, 0.05) is 22.2 Å². The average Bonchev–Trinajstić information content (AvgIpc) is 2.59. The molecule has 90 valence electrons. The summed E-state index contributed by atoms with van der Waals surface area (Å²) >= 11 is 12.2. The topological polar surface area (TPSA) is 40.7 Å². The van der Waals surface area contributed by atoms with Crippen LogP contribution in [0.1, 0.15) is 17.0 Å². The van der Waals surface area contributed by atoms with Crippen molar-refractivity contribution in [3.63, 3.8) is 0 Å². The number of nitrogens with one attached hydrogen (secondary N) is 2. The minimum atomic E-state index is 0.583. The van der Waals surface area contributed by atoms with Gasteiger partial charge in [-0.2, -0.15) is 5.10 Å². The van der Waals surface area contributed by atoms with Gasteiger partial charge in [-0.3, -0.25) is 5.10 Å². The Bertz CT molecular complexity index is 495. The van der Waals surface area contributed by atoms with E-state index in [0.29, 0.717) is 16.6 Å². The van der Waals surface area contributed by atoms with Crippen LogP contribution in [0.3, 0.4) is 0 Å². The van der Waals surface area contributed by atoms with E-state index in [1.54, 1.807) is 0 Å². The van der Waals surface area contributed by atoms with Gasteiger partial charge in [0.05, 0.1) is 17.1 Å². The molecular formula is C12H13Cl2N3. The van der Waals surface area contributed by atoms with Gasteiger partial charge in [0.2, 0.25) is 0 Å². The molecule has 1 heterocycles. The van der Waals surface area contributed by atoms with E-state index in [1.165, 1.54) is 0 Å². The lowest BCUT2D eigenvalue weighted by molar-refractivity contribution is 1.02. The first-order valence-electron chi connectivity index (χ1n) is 5.28. The second-order valence-corrected chi connectivity index (χ2v) is 4.68. The Morgan fingerprint density at radius 3 is 2.41 bits per heavy atom. The van der Waals surface area contributed by atoms with Gasteiger partial charge in [0.1, 0.15) is 0 Å². The SMILES string of the molecule is Cc1n[nH]c(C)c1NCc1c(Cl)cccc1Cl. The molecule has 2 aromatic rings. The molecule has 0 saturated heterocycles. The number of aromatic nitrogens is 2. The molecule has 2 N–H and O–H groups in total. The Hall–Kier alpha value is -1.19. The Morgan fingerprint density at radius 2 is 1.88 bits per heavy atom. The average molecular weight is 270 g/mol. The smallest absolute Gasteiger partial charge is 0.0825 e.